The second-order valence-corrected chi connectivity index (χ2v) is 6.11. The normalized spacial score (nSPS) is 12.1. The van der Waals surface area contributed by atoms with Gasteiger partial charge in [0.05, 0.1) is 31.1 Å². The van der Waals surface area contributed by atoms with Crippen LogP contribution in [0.2, 0.25) is 0 Å². The van der Waals surface area contributed by atoms with E-state index in [1.807, 2.05) is 5.38 Å². The number of hydrogen-bond donors (Lipinski definition) is 0. The van der Waals surface area contributed by atoms with Crippen molar-refractivity contribution in [3.05, 3.63) is 68.3 Å². The molecule has 0 aliphatic carbocycles. The number of hydrogen-bond acceptors (Lipinski definition) is 7. The molecule has 10 heteroatoms. The van der Waals surface area contributed by atoms with Gasteiger partial charge in [0.1, 0.15) is 10.7 Å². The molecule has 0 unspecified atom stereocenters. The molecule has 27 heavy (non-hydrogen) atoms. The fourth-order valence-corrected chi connectivity index (χ4v) is 3.06. The smallest absolute Gasteiger partial charge is 0.400 e. The van der Waals surface area contributed by atoms with Crippen LogP contribution in [0.4, 0.5) is 10.3 Å². The number of thiazole rings is 1. The molecule has 0 saturated heterocycles. The van der Waals surface area contributed by atoms with Gasteiger partial charge >= 0.3 is 5.88 Å². The maximum Gasteiger partial charge on any atom is 0.433 e. The minimum atomic E-state index is -0.621. The highest BCUT2D eigenvalue weighted by molar-refractivity contribution is 7.07. The van der Waals surface area contributed by atoms with E-state index in [2.05, 4.69) is 10.1 Å². The van der Waals surface area contributed by atoms with Gasteiger partial charge in [-0.2, -0.15) is 5.10 Å². The summed E-state index contributed by atoms with van der Waals surface area (Å²) in [5.74, 6) is -0.472. The van der Waals surface area contributed by atoms with Crippen LogP contribution >= 0.6 is 11.3 Å². The van der Waals surface area contributed by atoms with Gasteiger partial charge in [-0.3, -0.25) is 15.1 Å². The van der Waals surface area contributed by atoms with Gasteiger partial charge in [0, 0.05) is 18.1 Å². The molecule has 2 heterocycles. The maximum absolute atomic E-state index is 13.2. The van der Waals surface area contributed by atoms with Crippen LogP contribution in [0.15, 0.2) is 56.3 Å². The van der Waals surface area contributed by atoms with Gasteiger partial charge in [0.2, 0.25) is 4.80 Å². The van der Waals surface area contributed by atoms with Gasteiger partial charge in [-0.25, -0.2) is 9.07 Å². The SMILES string of the molecule is COCCN=c1scc(-c2ccc(F)cc2)n1/N=C/c1ccc([N+](=O)[O-])o1. The van der Waals surface area contributed by atoms with Crippen LogP contribution in [-0.4, -0.2) is 36.1 Å². The molecule has 2 aromatic heterocycles. The Hall–Kier alpha value is -3.11. The molecule has 0 aliphatic heterocycles. The molecule has 0 atom stereocenters. The van der Waals surface area contributed by atoms with Crippen molar-refractivity contribution >= 4 is 23.4 Å². The predicted molar refractivity (Wildman–Crippen MR) is 98.4 cm³/mol. The first kappa shape index (κ1) is 18.7. The van der Waals surface area contributed by atoms with E-state index < -0.39 is 4.92 Å². The Bertz CT molecular complexity index is 1020. The van der Waals surface area contributed by atoms with Gasteiger partial charge in [0.15, 0.2) is 5.76 Å². The minimum absolute atomic E-state index is 0.230. The van der Waals surface area contributed by atoms with Crippen molar-refractivity contribution in [2.24, 2.45) is 10.1 Å². The summed E-state index contributed by atoms with van der Waals surface area (Å²) in [7, 11) is 1.59. The average Bonchev–Trinajstić information content (AvgIpc) is 3.28. The molecule has 3 aromatic rings. The van der Waals surface area contributed by atoms with Crippen LogP contribution in [0.3, 0.4) is 0 Å². The van der Waals surface area contributed by atoms with E-state index in [0.29, 0.717) is 23.6 Å². The lowest BCUT2D eigenvalue weighted by atomic mass is 10.2. The zero-order chi connectivity index (χ0) is 19.2. The molecule has 0 spiro atoms. The largest absolute Gasteiger partial charge is 0.433 e. The quantitative estimate of drug-likeness (QED) is 0.268. The standard InChI is InChI=1S/C17H15FN4O4S/c1-25-9-8-19-17-21(20-10-14-6-7-16(26-14)22(23)24)15(11-27-17)12-2-4-13(18)5-3-12/h2-7,10-11H,8-9H2,1H3/b19-17?,20-10+. The molecule has 8 nitrogen and oxygen atoms in total. The Labute approximate surface area is 157 Å². The number of benzene rings is 1. The lowest BCUT2D eigenvalue weighted by Crippen LogP contribution is -2.13. The molecule has 140 valence electrons. The summed E-state index contributed by atoms with van der Waals surface area (Å²) in [6, 6.07) is 8.70. The van der Waals surface area contributed by atoms with Crippen molar-refractivity contribution in [1.29, 1.82) is 0 Å². The van der Waals surface area contributed by atoms with E-state index in [0.717, 1.165) is 5.56 Å². The van der Waals surface area contributed by atoms with Crippen molar-refractivity contribution in [2.45, 2.75) is 0 Å². The molecular weight excluding hydrogens is 375 g/mol. The van der Waals surface area contributed by atoms with Crippen molar-refractivity contribution < 1.29 is 18.5 Å². The predicted octanol–water partition coefficient (Wildman–Crippen LogP) is 3.29. The highest BCUT2D eigenvalue weighted by atomic mass is 32.1. The van der Waals surface area contributed by atoms with Gasteiger partial charge < -0.3 is 9.15 Å². The van der Waals surface area contributed by atoms with Gasteiger partial charge in [0.25, 0.3) is 0 Å². The highest BCUT2D eigenvalue weighted by Gasteiger charge is 2.11. The van der Waals surface area contributed by atoms with E-state index in [1.165, 1.54) is 41.8 Å². The summed E-state index contributed by atoms with van der Waals surface area (Å²) < 4.78 is 24.9. The Morgan fingerprint density at radius 2 is 2.11 bits per heavy atom. The first-order valence-corrected chi connectivity index (χ1v) is 8.71. The minimum Gasteiger partial charge on any atom is -0.400 e. The monoisotopic (exact) mass is 390 g/mol. The number of furan rings is 1. The van der Waals surface area contributed by atoms with Crippen LogP contribution in [0.1, 0.15) is 5.76 Å². The Kier molecular flexibility index (Phi) is 5.89. The Balaban J connectivity index is 2.00. The number of nitrogens with zero attached hydrogens (tertiary/aromatic N) is 4. The summed E-state index contributed by atoms with van der Waals surface area (Å²) in [5, 5.41) is 16.9. The lowest BCUT2D eigenvalue weighted by molar-refractivity contribution is -0.402. The van der Waals surface area contributed by atoms with Crippen LogP contribution in [0, 0.1) is 15.9 Å². The molecule has 0 aliphatic rings. The lowest BCUT2D eigenvalue weighted by Gasteiger charge is -2.03. The van der Waals surface area contributed by atoms with E-state index in [4.69, 9.17) is 9.15 Å². The molecule has 0 bridgehead atoms. The Morgan fingerprint density at radius 1 is 1.33 bits per heavy atom. The topological polar surface area (TPSA) is 95.2 Å². The summed E-state index contributed by atoms with van der Waals surface area (Å²) in [5.41, 5.74) is 1.46. The van der Waals surface area contributed by atoms with Crippen LogP contribution in [0.5, 0.6) is 0 Å². The summed E-state index contributed by atoms with van der Waals surface area (Å²) in [6.07, 6.45) is 1.36. The third-order valence-corrected chi connectivity index (χ3v) is 4.31. The van der Waals surface area contributed by atoms with Gasteiger partial charge in [-0.1, -0.05) is 0 Å². The number of methoxy groups -OCH3 is 1. The molecule has 0 saturated carbocycles. The number of nitro groups is 1. The van der Waals surface area contributed by atoms with E-state index in [9.17, 15) is 14.5 Å². The second-order valence-electron chi connectivity index (χ2n) is 5.27. The van der Waals surface area contributed by atoms with Crippen molar-refractivity contribution in [3.8, 4) is 11.3 Å². The molecule has 3 rings (SSSR count). The van der Waals surface area contributed by atoms with Crippen LogP contribution in [0.25, 0.3) is 11.3 Å². The number of rotatable bonds is 7. The molecule has 0 N–H and O–H groups in total. The van der Waals surface area contributed by atoms with Crippen molar-refractivity contribution in [1.82, 2.24) is 4.68 Å². The third-order valence-electron chi connectivity index (χ3n) is 3.46. The van der Waals surface area contributed by atoms with E-state index >= 15 is 0 Å². The van der Waals surface area contributed by atoms with Crippen LogP contribution in [-0.2, 0) is 4.74 Å². The fraction of sp³-hybridized carbons (Fsp3) is 0.176. The van der Waals surface area contributed by atoms with E-state index in [-0.39, 0.29) is 17.5 Å². The van der Waals surface area contributed by atoms with Gasteiger partial charge in [-0.05, 0) is 30.3 Å². The number of halogens is 1. The Morgan fingerprint density at radius 3 is 2.78 bits per heavy atom. The fourth-order valence-electron chi connectivity index (χ4n) is 2.20. The zero-order valence-corrected chi connectivity index (χ0v) is 15.1. The highest BCUT2D eigenvalue weighted by Crippen LogP contribution is 2.21. The van der Waals surface area contributed by atoms with Crippen LogP contribution < -0.4 is 4.80 Å². The number of ether oxygens (including phenoxy) is 1. The molecule has 0 amide bonds. The zero-order valence-electron chi connectivity index (χ0n) is 14.2. The molecule has 0 radical (unpaired) electrons. The number of aromatic nitrogens is 1. The van der Waals surface area contributed by atoms with Gasteiger partial charge in [-0.15, -0.1) is 11.3 Å². The van der Waals surface area contributed by atoms with Crippen molar-refractivity contribution in [2.75, 3.05) is 20.3 Å². The van der Waals surface area contributed by atoms with Crippen molar-refractivity contribution in [3.63, 3.8) is 0 Å². The summed E-state index contributed by atoms with van der Waals surface area (Å²) in [6.45, 7) is 0.902. The summed E-state index contributed by atoms with van der Waals surface area (Å²) in [4.78, 5) is 15.1. The van der Waals surface area contributed by atoms with E-state index in [1.54, 1.807) is 23.9 Å². The molecule has 1 aromatic carbocycles. The summed E-state index contributed by atoms with van der Waals surface area (Å²) >= 11 is 1.37. The molecule has 0 fully saturated rings. The average molecular weight is 390 g/mol. The third kappa shape index (κ3) is 4.54. The second kappa shape index (κ2) is 8.52. The molecular formula is C17H15FN4O4S. The first-order valence-electron chi connectivity index (χ1n) is 7.83. The maximum atomic E-state index is 13.2. The first-order chi connectivity index (χ1) is 13.1.